The molecule has 5 aliphatic rings. The summed E-state index contributed by atoms with van der Waals surface area (Å²) in [4.78, 5) is 18.8. The Morgan fingerprint density at radius 3 is 2.65 bits per heavy atom. The normalized spacial score (nSPS) is 29.4. The van der Waals surface area contributed by atoms with Gasteiger partial charge in [0.1, 0.15) is 39.6 Å². The summed E-state index contributed by atoms with van der Waals surface area (Å²) >= 11 is 0. The van der Waals surface area contributed by atoms with Crippen molar-refractivity contribution in [2.24, 2.45) is 5.41 Å². The number of rotatable bonds is 7. The van der Waals surface area contributed by atoms with Crippen LogP contribution in [0.25, 0.3) is 32.9 Å². The molecule has 0 radical (unpaired) electrons. The highest BCUT2D eigenvalue weighted by atomic mass is 19.1. The molecule has 57 heavy (non-hydrogen) atoms. The lowest BCUT2D eigenvalue weighted by Gasteiger charge is -2.52. The van der Waals surface area contributed by atoms with Crippen LogP contribution in [0.5, 0.6) is 17.6 Å². The molecule has 9 rings (SSSR count). The van der Waals surface area contributed by atoms with E-state index in [4.69, 9.17) is 40.1 Å². The monoisotopic (exact) mass is 785 g/mol. The standard InChI is InChI=1S/C43H49F2N5O7/c1-4-29-31(44)9-8-26-19-28(51)20-30(33(26)29)36-35(45)37-34(39(46-36)53-3)38(49-15-18-55-23-41(2,52)22-49)48-40(47-37)56-24-42-11-5-7-32(42)50(14-6-12-42)27-10-16-57-43(21-27)13-17-54-25-43/h1,8-9,19-20,27,32,51-52H,5-7,10-18,21-25H2,2-3H3. The van der Waals surface area contributed by atoms with Crippen LogP contribution in [-0.4, -0.2) is 120 Å². The van der Waals surface area contributed by atoms with E-state index in [9.17, 15) is 10.2 Å². The molecular weight excluding hydrogens is 736 g/mol. The highest BCUT2D eigenvalue weighted by Crippen LogP contribution is 2.51. The van der Waals surface area contributed by atoms with Gasteiger partial charge in [0.05, 0.1) is 51.2 Å². The highest BCUT2D eigenvalue weighted by Gasteiger charge is 2.52. The van der Waals surface area contributed by atoms with E-state index in [1.54, 1.807) is 6.92 Å². The molecule has 2 N–H and O–H groups in total. The van der Waals surface area contributed by atoms with Crippen LogP contribution in [0.1, 0.15) is 63.9 Å². The van der Waals surface area contributed by atoms with E-state index in [-0.39, 0.29) is 87.3 Å². The number of nitrogens with zero attached hydrogens (tertiary/aromatic N) is 5. The summed E-state index contributed by atoms with van der Waals surface area (Å²) in [6.45, 7) is 5.99. The third-order valence-electron chi connectivity index (χ3n) is 12.9. The number of aromatic hydroxyl groups is 1. The second kappa shape index (κ2) is 14.8. The first kappa shape index (κ1) is 38.1. The number of likely N-dealkylation sites (tertiary alicyclic amines) is 1. The zero-order chi connectivity index (χ0) is 39.5. The van der Waals surface area contributed by atoms with Crippen LogP contribution < -0.4 is 14.4 Å². The lowest BCUT2D eigenvalue weighted by atomic mass is 9.74. The smallest absolute Gasteiger partial charge is 0.319 e. The number of β-amino-alcohol motifs (C(OH)–C–C–N with tert-alkyl or cyclic N) is 1. The van der Waals surface area contributed by atoms with Gasteiger partial charge < -0.3 is 38.8 Å². The number of anilines is 1. The molecule has 4 aliphatic heterocycles. The molecule has 1 spiro atoms. The zero-order valence-corrected chi connectivity index (χ0v) is 32.5. The van der Waals surface area contributed by atoms with Crippen LogP contribution in [0.2, 0.25) is 0 Å². The van der Waals surface area contributed by atoms with Gasteiger partial charge in [0.15, 0.2) is 5.82 Å². The lowest BCUT2D eigenvalue weighted by Crippen LogP contribution is -2.58. The Hall–Kier alpha value is -4.39. The SMILES string of the molecule is C#Cc1c(F)ccc2cc(O)cc(-c3nc(OC)c4c(N5CCOCC(C)(O)C5)nc(OCC56CCCC5N(C5CCOC7(CCOC7)C5)CCC6)nc4c3F)c12. The van der Waals surface area contributed by atoms with Crippen LogP contribution >= 0.6 is 0 Å². The largest absolute Gasteiger partial charge is 0.508 e. The van der Waals surface area contributed by atoms with Crippen molar-refractivity contribution in [3.05, 3.63) is 41.5 Å². The van der Waals surface area contributed by atoms with Gasteiger partial charge in [-0.05, 0) is 75.6 Å². The number of hydrogen-bond acceptors (Lipinski definition) is 12. The molecule has 2 aromatic carbocycles. The van der Waals surface area contributed by atoms with Crippen molar-refractivity contribution in [3.8, 4) is 41.2 Å². The first-order chi connectivity index (χ1) is 27.5. The van der Waals surface area contributed by atoms with Crippen LogP contribution in [0, 0.1) is 29.4 Å². The van der Waals surface area contributed by atoms with Crippen molar-refractivity contribution >= 4 is 27.5 Å². The van der Waals surface area contributed by atoms with Gasteiger partial charge in [-0.2, -0.15) is 9.97 Å². The predicted molar refractivity (Wildman–Crippen MR) is 209 cm³/mol. The van der Waals surface area contributed by atoms with E-state index >= 15 is 8.78 Å². The van der Waals surface area contributed by atoms with E-state index in [2.05, 4.69) is 15.8 Å². The molecule has 2 aromatic heterocycles. The number of terminal acetylenes is 1. The third-order valence-corrected chi connectivity index (χ3v) is 12.9. The quantitative estimate of drug-likeness (QED) is 0.221. The Morgan fingerprint density at radius 2 is 1.84 bits per heavy atom. The number of fused-ring (bicyclic) bond motifs is 3. The average Bonchev–Trinajstić information content (AvgIpc) is 3.80. The van der Waals surface area contributed by atoms with Crippen molar-refractivity contribution in [3.63, 3.8) is 0 Å². The van der Waals surface area contributed by atoms with Crippen molar-refractivity contribution in [2.45, 2.75) is 81.6 Å². The fraction of sp³-hybridized carbons (Fsp3) is 0.558. The summed E-state index contributed by atoms with van der Waals surface area (Å²) in [7, 11) is 1.40. The molecule has 5 fully saturated rings. The molecule has 4 aromatic rings. The van der Waals surface area contributed by atoms with Gasteiger partial charge in [0.2, 0.25) is 5.88 Å². The topological polar surface area (TPSA) is 132 Å². The van der Waals surface area contributed by atoms with E-state index in [0.29, 0.717) is 37.2 Å². The summed E-state index contributed by atoms with van der Waals surface area (Å²) < 4.78 is 62.8. The van der Waals surface area contributed by atoms with Crippen LogP contribution in [0.4, 0.5) is 14.6 Å². The third kappa shape index (κ3) is 6.81. The number of halogens is 2. The number of aliphatic hydroxyl groups is 1. The number of methoxy groups -OCH3 is 1. The molecule has 12 nitrogen and oxygen atoms in total. The molecule has 1 aliphatic carbocycles. The summed E-state index contributed by atoms with van der Waals surface area (Å²) in [5.41, 5.74) is -2.02. The van der Waals surface area contributed by atoms with Gasteiger partial charge in [0.25, 0.3) is 0 Å². The van der Waals surface area contributed by atoms with Gasteiger partial charge in [-0.25, -0.2) is 13.8 Å². The minimum atomic E-state index is -1.25. The molecule has 5 atom stereocenters. The summed E-state index contributed by atoms with van der Waals surface area (Å²) in [6.07, 6.45) is 13.8. The average molecular weight is 786 g/mol. The Labute approximate surface area is 330 Å². The van der Waals surface area contributed by atoms with Gasteiger partial charge >= 0.3 is 6.01 Å². The minimum absolute atomic E-state index is 0.0119. The fourth-order valence-electron chi connectivity index (χ4n) is 10.4. The number of phenolic OH excluding ortho intramolecular Hbond substituents is 1. The van der Waals surface area contributed by atoms with Gasteiger partial charge in [0, 0.05) is 54.6 Å². The molecule has 302 valence electrons. The number of ether oxygens (including phenoxy) is 5. The molecular formula is C43H49F2N5O7. The molecule has 5 unspecified atom stereocenters. The molecule has 0 bridgehead atoms. The number of piperidine rings is 1. The maximum Gasteiger partial charge on any atom is 0.319 e. The highest BCUT2D eigenvalue weighted by molar-refractivity contribution is 6.04. The Bertz CT molecular complexity index is 2240. The van der Waals surface area contributed by atoms with Crippen LogP contribution in [0.3, 0.4) is 0 Å². The maximum absolute atomic E-state index is 17.4. The minimum Gasteiger partial charge on any atom is -0.508 e. The van der Waals surface area contributed by atoms with Gasteiger partial charge in [-0.3, -0.25) is 4.90 Å². The first-order valence-electron chi connectivity index (χ1n) is 20.1. The summed E-state index contributed by atoms with van der Waals surface area (Å²) in [5.74, 6) is 0.925. The number of hydrogen-bond donors (Lipinski definition) is 2. The van der Waals surface area contributed by atoms with E-state index in [1.165, 1.54) is 31.4 Å². The number of pyridine rings is 1. The first-order valence-corrected chi connectivity index (χ1v) is 20.1. The molecule has 1 saturated carbocycles. The zero-order valence-electron chi connectivity index (χ0n) is 32.5. The summed E-state index contributed by atoms with van der Waals surface area (Å²) in [5, 5.41) is 22.8. The molecule has 14 heteroatoms. The lowest BCUT2D eigenvalue weighted by molar-refractivity contribution is -0.125. The van der Waals surface area contributed by atoms with E-state index < -0.39 is 17.2 Å². The Morgan fingerprint density at radius 1 is 1.00 bits per heavy atom. The van der Waals surface area contributed by atoms with Gasteiger partial charge in [-0.15, -0.1) is 6.42 Å². The van der Waals surface area contributed by atoms with Crippen LogP contribution in [0.15, 0.2) is 24.3 Å². The van der Waals surface area contributed by atoms with Crippen molar-refractivity contribution in [1.29, 1.82) is 0 Å². The second-order valence-corrected chi connectivity index (χ2v) is 16.8. The van der Waals surface area contributed by atoms with Crippen molar-refractivity contribution < 1.29 is 42.7 Å². The van der Waals surface area contributed by atoms with Crippen molar-refractivity contribution in [1.82, 2.24) is 19.9 Å². The second-order valence-electron chi connectivity index (χ2n) is 16.8. The molecule has 6 heterocycles. The van der Waals surface area contributed by atoms with E-state index in [1.807, 2.05) is 4.90 Å². The predicted octanol–water partition coefficient (Wildman–Crippen LogP) is 5.76. The number of aromatic nitrogens is 3. The fourth-order valence-corrected chi connectivity index (χ4v) is 10.4. The Kier molecular flexibility index (Phi) is 9.88. The van der Waals surface area contributed by atoms with Crippen molar-refractivity contribution in [2.75, 3.05) is 71.3 Å². The number of phenols is 1. The summed E-state index contributed by atoms with van der Waals surface area (Å²) in [6, 6.07) is 6.09. The van der Waals surface area contributed by atoms with Crippen LogP contribution in [-0.2, 0) is 14.2 Å². The number of benzene rings is 2. The Balaban J connectivity index is 1.14. The maximum atomic E-state index is 17.4. The van der Waals surface area contributed by atoms with E-state index in [0.717, 1.165) is 71.1 Å². The molecule has 4 saturated heterocycles. The van der Waals surface area contributed by atoms with Gasteiger partial charge in [-0.1, -0.05) is 18.4 Å². The molecule has 0 amide bonds.